The molecule has 2 rings (SSSR count). The first-order valence-corrected chi connectivity index (χ1v) is 6.44. The number of nitro groups is 1. The normalized spacial score (nSPS) is 10.1. The van der Waals surface area contributed by atoms with Crippen molar-refractivity contribution in [1.82, 2.24) is 4.98 Å². The van der Waals surface area contributed by atoms with Crippen LogP contribution >= 0.6 is 15.9 Å². The van der Waals surface area contributed by atoms with Crippen LogP contribution < -0.4 is 5.32 Å². The third-order valence-electron chi connectivity index (χ3n) is 2.66. The number of hydrogen-bond donors (Lipinski definition) is 1. The average molecular weight is 336 g/mol. The van der Waals surface area contributed by atoms with Crippen LogP contribution in [0.4, 0.5) is 11.4 Å². The number of rotatable bonds is 3. The molecule has 0 fully saturated rings. The van der Waals surface area contributed by atoms with Gasteiger partial charge in [-0.1, -0.05) is 0 Å². The number of anilines is 1. The van der Waals surface area contributed by atoms with E-state index in [4.69, 9.17) is 0 Å². The summed E-state index contributed by atoms with van der Waals surface area (Å²) in [7, 11) is 0. The molecule has 7 heteroatoms. The first kappa shape index (κ1) is 14.1. The van der Waals surface area contributed by atoms with E-state index in [9.17, 15) is 14.9 Å². The van der Waals surface area contributed by atoms with Crippen LogP contribution in [0.1, 0.15) is 15.9 Å². The Morgan fingerprint density at radius 1 is 1.35 bits per heavy atom. The lowest BCUT2D eigenvalue weighted by Gasteiger charge is -2.08. The van der Waals surface area contributed by atoms with E-state index >= 15 is 0 Å². The number of benzene rings is 1. The second-order valence-corrected chi connectivity index (χ2v) is 4.89. The van der Waals surface area contributed by atoms with E-state index in [0.29, 0.717) is 21.4 Å². The molecule has 0 saturated carbocycles. The van der Waals surface area contributed by atoms with Gasteiger partial charge >= 0.3 is 0 Å². The molecule has 0 unspecified atom stereocenters. The number of hydrogen-bond acceptors (Lipinski definition) is 4. The monoisotopic (exact) mass is 335 g/mol. The number of nitrogens with zero attached hydrogens (tertiary/aromatic N) is 2. The van der Waals surface area contributed by atoms with Gasteiger partial charge in [-0.2, -0.15) is 0 Å². The summed E-state index contributed by atoms with van der Waals surface area (Å²) < 4.78 is 0.639. The number of carbonyl (C=O) groups excluding carboxylic acids is 1. The molecule has 0 saturated heterocycles. The highest BCUT2D eigenvalue weighted by Gasteiger charge is 2.11. The van der Waals surface area contributed by atoms with E-state index in [1.165, 1.54) is 24.4 Å². The van der Waals surface area contributed by atoms with Crippen molar-refractivity contribution < 1.29 is 9.72 Å². The smallest absolute Gasteiger partial charge is 0.269 e. The fourth-order valence-corrected chi connectivity index (χ4v) is 1.84. The number of aryl methyl sites for hydroxylation is 1. The summed E-state index contributed by atoms with van der Waals surface area (Å²) in [6.45, 7) is 1.70. The van der Waals surface area contributed by atoms with Gasteiger partial charge in [-0.25, -0.2) is 4.98 Å². The molecule has 0 atom stereocenters. The molecule has 6 nitrogen and oxygen atoms in total. The zero-order valence-corrected chi connectivity index (χ0v) is 12.0. The Bertz CT molecular complexity index is 671. The lowest BCUT2D eigenvalue weighted by Crippen LogP contribution is -2.13. The maximum Gasteiger partial charge on any atom is 0.269 e. The number of halogens is 1. The minimum Gasteiger partial charge on any atom is -0.322 e. The van der Waals surface area contributed by atoms with Crippen LogP contribution in [-0.2, 0) is 0 Å². The second kappa shape index (κ2) is 5.79. The third kappa shape index (κ3) is 3.18. The molecule has 1 N–H and O–H groups in total. The van der Waals surface area contributed by atoms with Crippen LogP contribution in [0.3, 0.4) is 0 Å². The van der Waals surface area contributed by atoms with Crippen LogP contribution in [0.15, 0.2) is 41.1 Å². The van der Waals surface area contributed by atoms with Gasteiger partial charge in [0.1, 0.15) is 4.60 Å². The van der Waals surface area contributed by atoms with E-state index in [2.05, 4.69) is 26.2 Å². The summed E-state index contributed by atoms with van der Waals surface area (Å²) in [6, 6.07) is 7.57. The molecular weight excluding hydrogens is 326 g/mol. The van der Waals surface area contributed by atoms with Gasteiger partial charge in [0, 0.05) is 24.0 Å². The molecule has 0 bridgehead atoms. The standard InChI is InChI=1S/C13H10BrN3O3/c1-8-6-10(17(19)20)3-4-11(8)16-13(18)9-2-5-12(14)15-7-9/h2-7H,1H3,(H,16,18). The number of nitro benzene ring substituents is 1. The topological polar surface area (TPSA) is 85.1 Å². The molecule has 20 heavy (non-hydrogen) atoms. The van der Waals surface area contributed by atoms with Gasteiger partial charge in [0.2, 0.25) is 0 Å². The lowest BCUT2D eigenvalue weighted by molar-refractivity contribution is -0.384. The predicted molar refractivity (Wildman–Crippen MR) is 77.7 cm³/mol. The quantitative estimate of drug-likeness (QED) is 0.529. The van der Waals surface area contributed by atoms with E-state index in [0.717, 1.165) is 0 Å². The van der Waals surface area contributed by atoms with Crippen LogP contribution in [0.25, 0.3) is 0 Å². The molecule has 102 valence electrons. The van der Waals surface area contributed by atoms with Crippen molar-refractivity contribution in [3.05, 3.63) is 62.4 Å². The summed E-state index contributed by atoms with van der Waals surface area (Å²) in [5, 5.41) is 13.3. The van der Waals surface area contributed by atoms with Crippen molar-refractivity contribution in [3.8, 4) is 0 Å². The third-order valence-corrected chi connectivity index (χ3v) is 3.13. The Morgan fingerprint density at radius 3 is 2.65 bits per heavy atom. The molecule has 0 aliphatic heterocycles. The van der Waals surface area contributed by atoms with Crippen molar-refractivity contribution >= 4 is 33.2 Å². The summed E-state index contributed by atoms with van der Waals surface area (Å²) in [5.74, 6) is -0.318. The molecule has 0 radical (unpaired) electrons. The van der Waals surface area contributed by atoms with Crippen LogP contribution in [0, 0.1) is 17.0 Å². The van der Waals surface area contributed by atoms with E-state index < -0.39 is 4.92 Å². The molecule has 1 aromatic heterocycles. The van der Waals surface area contributed by atoms with Crippen molar-refractivity contribution in [2.24, 2.45) is 0 Å². The van der Waals surface area contributed by atoms with Gasteiger partial charge in [-0.05, 0) is 46.6 Å². The molecule has 1 amide bonds. The van der Waals surface area contributed by atoms with E-state index in [1.807, 2.05) is 0 Å². The Morgan fingerprint density at radius 2 is 2.10 bits per heavy atom. The summed E-state index contributed by atoms with van der Waals surface area (Å²) in [5.41, 5.74) is 1.55. The van der Waals surface area contributed by atoms with Crippen molar-refractivity contribution in [1.29, 1.82) is 0 Å². The van der Waals surface area contributed by atoms with Gasteiger partial charge in [0.15, 0.2) is 0 Å². The SMILES string of the molecule is Cc1cc([N+](=O)[O-])ccc1NC(=O)c1ccc(Br)nc1. The van der Waals surface area contributed by atoms with Gasteiger partial charge < -0.3 is 5.32 Å². The fraction of sp³-hybridized carbons (Fsp3) is 0.0769. The molecule has 1 aromatic carbocycles. The first-order valence-electron chi connectivity index (χ1n) is 5.65. The Balaban J connectivity index is 2.19. The predicted octanol–water partition coefficient (Wildman–Crippen LogP) is 3.31. The van der Waals surface area contributed by atoms with Crippen molar-refractivity contribution in [3.63, 3.8) is 0 Å². The highest BCUT2D eigenvalue weighted by atomic mass is 79.9. The average Bonchev–Trinajstić information content (AvgIpc) is 2.41. The molecule has 1 heterocycles. The molecular formula is C13H10BrN3O3. The number of aromatic nitrogens is 1. The van der Waals surface area contributed by atoms with Gasteiger partial charge in [-0.3, -0.25) is 14.9 Å². The molecule has 0 aliphatic rings. The summed E-state index contributed by atoms with van der Waals surface area (Å²) in [4.78, 5) is 26.1. The number of amides is 1. The van der Waals surface area contributed by atoms with Crippen molar-refractivity contribution in [2.45, 2.75) is 6.92 Å². The zero-order chi connectivity index (χ0) is 14.7. The Hall–Kier alpha value is -2.28. The first-order chi connectivity index (χ1) is 9.47. The molecule has 2 aromatic rings. The number of pyridine rings is 1. The summed E-state index contributed by atoms with van der Waals surface area (Å²) >= 11 is 3.19. The second-order valence-electron chi connectivity index (χ2n) is 4.08. The van der Waals surface area contributed by atoms with Crippen molar-refractivity contribution in [2.75, 3.05) is 5.32 Å². The van der Waals surface area contributed by atoms with E-state index in [-0.39, 0.29) is 11.6 Å². The van der Waals surface area contributed by atoms with Gasteiger partial charge in [0.25, 0.3) is 11.6 Å². The molecule has 0 spiro atoms. The minimum atomic E-state index is -0.475. The number of non-ortho nitro benzene ring substituents is 1. The Kier molecular flexibility index (Phi) is 4.09. The maximum absolute atomic E-state index is 12.0. The van der Waals surface area contributed by atoms with Crippen LogP contribution in [-0.4, -0.2) is 15.8 Å². The summed E-state index contributed by atoms with van der Waals surface area (Å²) in [6.07, 6.45) is 1.44. The minimum absolute atomic E-state index is 0.00851. The molecule has 0 aliphatic carbocycles. The number of nitrogens with one attached hydrogen (secondary N) is 1. The fourth-order valence-electron chi connectivity index (χ4n) is 1.61. The van der Waals surface area contributed by atoms with E-state index in [1.54, 1.807) is 19.1 Å². The number of carbonyl (C=O) groups is 1. The maximum atomic E-state index is 12.0. The highest BCUT2D eigenvalue weighted by molar-refractivity contribution is 9.10. The Labute approximate surface area is 123 Å². The van der Waals surface area contributed by atoms with Gasteiger partial charge in [-0.15, -0.1) is 0 Å². The largest absolute Gasteiger partial charge is 0.322 e. The lowest BCUT2D eigenvalue weighted by atomic mass is 10.1. The van der Waals surface area contributed by atoms with Crippen LogP contribution in [0.5, 0.6) is 0 Å². The highest BCUT2D eigenvalue weighted by Crippen LogP contribution is 2.21. The van der Waals surface area contributed by atoms with Crippen LogP contribution in [0.2, 0.25) is 0 Å². The van der Waals surface area contributed by atoms with Gasteiger partial charge in [0.05, 0.1) is 10.5 Å². The zero-order valence-electron chi connectivity index (χ0n) is 10.5.